The molecule has 0 aliphatic carbocycles. The van der Waals surface area contributed by atoms with E-state index in [-0.39, 0.29) is 17.9 Å². The summed E-state index contributed by atoms with van der Waals surface area (Å²) >= 11 is 0. The summed E-state index contributed by atoms with van der Waals surface area (Å²) < 4.78 is 18.3. The molecule has 0 amide bonds. The van der Waals surface area contributed by atoms with E-state index in [1.54, 1.807) is 7.11 Å². The van der Waals surface area contributed by atoms with Crippen LogP contribution in [0.1, 0.15) is 18.5 Å². The third-order valence-corrected chi connectivity index (χ3v) is 3.77. The number of nitrogens with one attached hydrogen (secondary N) is 1. The fourth-order valence-corrected chi connectivity index (χ4v) is 2.77. The molecule has 0 saturated carbocycles. The van der Waals surface area contributed by atoms with Crippen molar-refractivity contribution in [2.24, 2.45) is 0 Å². The van der Waals surface area contributed by atoms with Gasteiger partial charge in [-0.05, 0) is 24.6 Å². The molecule has 21 heavy (non-hydrogen) atoms. The molecule has 2 rings (SSSR count). The van der Waals surface area contributed by atoms with Crippen LogP contribution in [-0.4, -0.2) is 54.9 Å². The SMILES string of the molecule is COC[C@@H]1CN[C@@H](C)CN1C(C(=O)O)c1ccc(F)cc1. The maximum atomic E-state index is 13.1. The first kappa shape index (κ1) is 15.9. The molecule has 1 aromatic rings. The standard InChI is InChI=1S/C15H21FN2O3/c1-10-8-18(13(7-17-10)9-21-2)14(15(19)20)11-3-5-12(16)6-4-11/h3-6,10,13-14,17H,7-9H2,1-2H3,(H,19,20)/t10-,13-,14?/m0/s1. The van der Waals surface area contributed by atoms with Gasteiger partial charge >= 0.3 is 5.97 Å². The summed E-state index contributed by atoms with van der Waals surface area (Å²) in [4.78, 5) is 13.7. The van der Waals surface area contributed by atoms with Gasteiger partial charge in [0, 0.05) is 32.3 Å². The van der Waals surface area contributed by atoms with Gasteiger partial charge < -0.3 is 15.2 Å². The highest BCUT2D eigenvalue weighted by Crippen LogP contribution is 2.26. The smallest absolute Gasteiger partial charge is 0.325 e. The zero-order chi connectivity index (χ0) is 15.4. The minimum Gasteiger partial charge on any atom is -0.480 e. The fourth-order valence-electron chi connectivity index (χ4n) is 2.77. The Balaban J connectivity index is 2.29. The average molecular weight is 296 g/mol. The van der Waals surface area contributed by atoms with Crippen molar-refractivity contribution in [3.63, 3.8) is 0 Å². The number of rotatable bonds is 5. The summed E-state index contributed by atoms with van der Waals surface area (Å²) in [7, 11) is 1.60. The van der Waals surface area contributed by atoms with Gasteiger partial charge in [0.25, 0.3) is 0 Å². The second-order valence-corrected chi connectivity index (χ2v) is 5.41. The topological polar surface area (TPSA) is 61.8 Å². The van der Waals surface area contributed by atoms with E-state index < -0.39 is 12.0 Å². The zero-order valence-corrected chi connectivity index (χ0v) is 12.3. The Morgan fingerprint density at radius 1 is 1.52 bits per heavy atom. The molecule has 6 heteroatoms. The Morgan fingerprint density at radius 2 is 2.19 bits per heavy atom. The molecule has 2 N–H and O–H groups in total. The van der Waals surface area contributed by atoms with Gasteiger partial charge in [-0.2, -0.15) is 0 Å². The van der Waals surface area contributed by atoms with Crippen LogP contribution < -0.4 is 5.32 Å². The molecule has 1 aromatic carbocycles. The van der Waals surface area contributed by atoms with E-state index in [0.29, 0.717) is 25.3 Å². The number of halogens is 1. The molecule has 1 fully saturated rings. The highest BCUT2D eigenvalue weighted by atomic mass is 19.1. The number of aliphatic carboxylic acids is 1. The van der Waals surface area contributed by atoms with Crippen molar-refractivity contribution in [1.29, 1.82) is 0 Å². The van der Waals surface area contributed by atoms with E-state index in [9.17, 15) is 14.3 Å². The summed E-state index contributed by atoms with van der Waals surface area (Å²) in [5.41, 5.74) is 0.583. The maximum absolute atomic E-state index is 13.1. The third kappa shape index (κ3) is 3.78. The normalized spacial score (nSPS) is 24.7. The molecule has 0 radical (unpaired) electrons. The van der Waals surface area contributed by atoms with E-state index in [1.807, 2.05) is 11.8 Å². The predicted molar refractivity (Wildman–Crippen MR) is 76.6 cm³/mol. The number of ether oxygens (including phenoxy) is 1. The number of carboxylic acid groups (broad SMARTS) is 1. The first-order valence-corrected chi connectivity index (χ1v) is 6.99. The lowest BCUT2D eigenvalue weighted by Crippen LogP contribution is -2.59. The zero-order valence-electron chi connectivity index (χ0n) is 12.3. The predicted octanol–water partition coefficient (Wildman–Crippen LogP) is 1.26. The number of piperazine rings is 1. The Labute approximate surface area is 123 Å². The highest BCUT2D eigenvalue weighted by Gasteiger charge is 2.36. The molecule has 1 heterocycles. The second kappa shape index (κ2) is 6.98. The van der Waals surface area contributed by atoms with Crippen molar-refractivity contribution >= 4 is 5.97 Å². The molecule has 116 valence electrons. The Hall–Kier alpha value is -1.50. The Kier molecular flexibility index (Phi) is 5.27. The van der Waals surface area contributed by atoms with Crippen molar-refractivity contribution in [3.8, 4) is 0 Å². The van der Waals surface area contributed by atoms with Crippen molar-refractivity contribution in [1.82, 2.24) is 10.2 Å². The van der Waals surface area contributed by atoms with Gasteiger partial charge in [0.2, 0.25) is 0 Å². The van der Waals surface area contributed by atoms with Crippen LogP contribution in [0, 0.1) is 5.82 Å². The monoisotopic (exact) mass is 296 g/mol. The second-order valence-electron chi connectivity index (χ2n) is 5.41. The minimum atomic E-state index is -0.934. The van der Waals surface area contributed by atoms with Crippen LogP contribution in [0.3, 0.4) is 0 Å². The molecule has 1 aliphatic rings. The number of nitrogens with zero attached hydrogens (tertiary/aromatic N) is 1. The lowest BCUT2D eigenvalue weighted by Gasteiger charge is -2.42. The van der Waals surface area contributed by atoms with E-state index in [0.717, 1.165) is 0 Å². The number of hydrogen-bond acceptors (Lipinski definition) is 4. The summed E-state index contributed by atoms with van der Waals surface area (Å²) in [5.74, 6) is -1.30. The third-order valence-electron chi connectivity index (χ3n) is 3.77. The van der Waals surface area contributed by atoms with E-state index in [1.165, 1.54) is 24.3 Å². The van der Waals surface area contributed by atoms with Crippen LogP contribution in [0.25, 0.3) is 0 Å². The molecular formula is C15H21FN2O3. The number of carboxylic acids is 1. The molecule has 3 atom stereocenters. The molecule has 0 bridgehead atoms. The maximum Gasteiger partial charge on any atom is 0.325 e. The number of carbonyl (C=O) groups is 1. The van der Waals surface area contributed by atoms with Crippen molar-refractivity contribution < 1.29 is 19.0 Å². The van der Waals surface area contributed by atoms with Gasteiger partial charge in [0.05, 0.1) is 6.61 Å². The van der Waals surface area contributed by atoms with Gasteiger partial charge in [0.1, 0.15) is 11.9 Å². The number of hydrogen-bond donors (Lipinski definition) is 2. The highest BCUT2D eigenvalue weighted by molar-refractivity contribution is 5.75. The largest absolute Gasteiger partial charge is 0.480 e. The fraction of sp³-hybridized carbons (Fsp3) is 0.533. The van der Waals surface area contributed by atoms with Crippen LogP contribution in [-0.2, 0) is 9.53 Å². The molecule has 0 aromatic heterocycles. The van der Waals surface area contributed by atoms with Gasteiger partial charge in [-0.15, -0.1) is 0 Å². The van der Waals surface area contributed by atoms with Gasteiger partial charge in [0.15, 0.2) is 0 Å². The summed E-state index contributed by atoms with van der Waals surface area (Å²) in [6.07, 6.45) is 0. The number of methoxy groups -OCH3 is 1. The van der Waals surface area contributed by atoms with Crippen LogP contribution in [0.2, 0.25) is 0 Å². The summed E-state index contributed by atoms with van der Waals surface area (Å²) in [6.45, 7) is 3.73. The van der Waals surface area contributed by atoms with Crippen LogP contribution in [0.4, 0.5) is 4.39 Å². The van der Waals surface area contributed by atoms with Gasteiger partial charge in [-0.1, -0.05) is 12.1 Å². The molecule has 1 aliphatic heterocycles. The molecule has 5 nitrogen and oxygen atoms in total. The van der Waals surface area contributed by atoms with Crippen LogP contribution in [0.15, 0.2) is 24.3 Å². The summed E-state index contributed by atoms with van der Waals surface area (Å²) in [5, 5.41) is 13.0. The van der Waals surface area contributed by atoms with Crippen LogP contribution in [0.5, 0.6) is 0 Å². The van der Waals surface area contributed by atoms with E-state index in [4.69, 9.17) is 4.74 Å². The van der Waals surface area contributed by atoms with Crippen molar-refractivity contribution in [2.45, 2.75) is 25.0 Å². The van der Waals surface area contributed by atoms with Gasteiger partial charge in [-0.3, -0.25) is 9.69 Å². The molecule has 1 unspecified atom stereocenters. The Bertz CT molecular complexity index is 480. The molecular weight excluding hydrogens is 275 g/mol. The van der Waals surface area contributed by atoms with E-state index >= 15 is 0 Å². The number of benzene rings is 1. The molecule has 0 spiro atoms. The lowest BCUT2D eigenvalue weighted by atomic mass is 10.00. The Morgan fingerprint density at radius 3 is 2.76 bits per heavy atom. The minimum absolute atomic E-state index is 0.0302. The summed E-state index contributed by atoms with van der Waals surface area (Å²) in [6, 6.07) is 5.02. The van der Waals surface area contributed by atoms with E-state index in [2.05, 4.69) is 5.32 Å². The van der Waals surface area contributed by atoms with Crippen molar-refractivity contribution in [3.05, 3.63) is 35.6 Å². The van der Waals surface area contributed by atoms with Crippen molar-refractivity contribution in [2.75, 3.05) is 26.8 Å². The quantitative estimate of drug-likeness (QED) is 0.856. The van der Waals surface area contributed by atoms with Gasteiger partial charge in [-0.25, -0.2) is 4.39 Å². The van der Waals surface area contributed by atoms with Crippen LogP contribution >= 0.6 is 0 Å². The lowest BCUT2D eigenvalue weighted by molar-refractivity contribution is -0.146. The first-order valence-electron chi connectivity index (χ1n) is 6.99. The first-order chi connectivity index (χ1) is 10.0. The molecule has 1 saturated heterocycles. The average Bonchev–Trinajstić information content (AvgIpc) is 2.44.